The molecule has 0 aliphatic rings. The van der Waals surface area contributed by atoms with E-state index in [1.165, 1.54) is 0 Å². The molecule has 0 fully saturated rings. The van der Waals surface area contributed by atoms with Crippen LogP contribution in [0, 0.1) is 0 Å². The summed E-state index contributed by atoms with van der Waals surface area (Å²) in [7, 11) is -2.88. The van der Waals surface area contributed by atoms with E-state index in [4.69, 9.17) is 5.73 Å². The largest absolute Gasteiger partial charge is 0.397 e. The molecule has 0 amide bonds. The maximum Gasteiger partial charge on any atom is 0.150 e. The lowest BCUT2D eigenvalue weighted by molar-refractivity contribution is 0.593. The first-order chi connectivity index (χ1) is 9.00. The summed E-state index contributed by atoms with van der Waals surface area (Å²) in [4.78, 5) is 2.17. The summed E-state index contributed by atoms with van der Waals surface area (Å²) in [6.45, 7) is 5.41. The minimum absolute atomic E-state index is 0.217. The zero-order valence-corrected chi connectivity index (χ0v) is 12.6. The molecule has 19 heavy (non-hydrogen) atoms. The van der Waals surface area contributed by atoms with Crippen molar-refractivity contribution >= 4 is 21.2 Å². The third-order valence-electron chi connectivity index (χ3n) is 3.09. The van der Waals surface area contributed by atoms with Crippen molar-refractivity contribution in [1.29, 1.82) is 0 Å². The van der Waals surface area contributed by atoms with E-state index in [-0.39, 0.29) is 11.5 Å². The summed E-state index contributed by atoms with van der Waals surface area (Å²) in [5.41, 5.74) is 7.72. The molecule has 2 N–H and O–H groups in total. The van der Waals surface area contributed by atoms with Crippen LogP contribution in [-0.4, -0.2) is 33.0 Å². The monoisotopic (exact) mass is 284 g/mol. The topological polar surface area (TPSA) is 63.4 Å². The standard InChI is InChI=1S/C14H24N2O2S/c1-3-10-16(11-7-12-19(17,18)4-2)14-9-6-5-8-13(14)15/h5-6,8-9H,3-4,7,10-12,15H2,1-2H3. The Morgan fingerprint density at radius 2 is 1.84 bits per heavy atom. The Morgan fingerprint density at radius 1 is 1.16 bits per heavy atom. The van der Waals surface area contributed by atoms with Crippen molar-refractivity contribution in [2.24, 2.45) is 0 Å². The summed E-state index contributed by atoms with van der Waals surface area (Å²) < 4.78 is 23.0. The van der Waals surface area contributed by atoms with Gasteiger partial charge in [-0.2, -0.15) is 0 Å². The van der Waals surface area contributed by atoms with Crippen molar-refractivity contribution in [3.8, 4) is 0 Å². The fraction of sp³-hybridized carbons (Fsp3) is 0.571. The van der Waals surface area contributed by atoms with Crippen LogP contribution in [0.3, 0.4) is 0 Å². The van der Waals surface area contributed by atoms with Crippen LogP contribution >= 0.6 is 0 Å². The lowest BCUT2D eigenvalue weighted by Gasteiger charge is -2.25. The second kappa shape index (κ2) is 7.38. The highest BCUT2D eigenvalue weighted by molar-refractivity contribution is 7.91. The molecule has 0 aliphatic heterocycles. The molecule has 1 aromatic carbocycles. The number of benzene rings is 1. The van der Waals surface area contributed by atoms with Gasteiger partial charge in [0.15, 0.2) is 0 Å². The molecule has 0 radical (unpaired) electrons. The number of rotatable bonds is 8. The molecule has 1 aromatic rings. The number of nitrogen functional groups attached to an aromatic ring is 1. The molecule has 5 heteroatoms. The smallest absolute Gasteiger partial charge is 0.150 e. The third kappa shape index (κ3) is 5.11. The second-order valence-electron chi connectivity index (χ2n) is 4.64. The lowest BCUT2D eigenvalue weighted by Crippen LogP contribution is -2.27. The van der Waals surface area contributed by atoms with Gasteiger partial charge in [-0.15, -0.1) is 0 Å². The SMILES string of the molecule is CCCN(CCCS(=O)(=O)CC)c1ccccc1N. The number of hydrogen-bond acceptors (Lipinski definition) is 4. The fourth-order valence-corrected chi connectivity index (χ4v) is 2.88. The minimum atomic E-state index is -2.88. The van der Waals surface area contributed by atoms with Crippen LogP contribution in [0.2, 0.25) is 0 Å². The summed E-state index contributed by atoms with van der Waals surface area (Å²) in [6.07, 6.45) is 1.65. The van der Waals surface area contributed by atoms with Crippen molar-refractivity contribution in [3.63, 3.8) is 0 Å². The van der Waals surface area contributed by atoms with Gasteiger partial charge in [-0.25, -0.2) is 8.42 Å². The molecule has 0 aliphatic carbocycles. The van der Waals surface area contributed by atoms with Gasteiger partial charge in [0.2, 0.25) is 0 Å². The highest BCUT2D eigenvalue weighted by Gasteiger charge is 2.11. The summed E-state index contributed by atoms with van der Waals surface area (Å²) >= 11 is 0. The molecule has 0 bridgehead atoms. The average Bonchev–Trinajstić information content (AvgIpc) is 2.38. The Bertz CT molecular complexity index is 486. The predicted octanol–water partition coefficient (Wildman–Crippen LogP) is 2.31. The fourth-order valence-electron chi connectivity index (χ4n) is 2.02. The number of para-hydroxylation sites is 2. The van der Waals surface area contributed by atoms with Crippen LogP contribution in [0.1, 0.15) is 26.7 Å². The number of sulfone groups is 1. The van der Waals surface area contributed by atoms with E-state index < -0.39 is 9.84 Å². The highest BCUT2D eigenvalue weighted by atomic mass is 32.2. The Kier molecular flexibility index (Phi) is 6.15. The zero-order chi connectivity index (χ0) is 14.3. The van der Waals surface area contributed by atoms with E-state index in [0.29, 0.717) is 6.42 Å². The molecule has 0 saturated carbocycles. The quantitative estimate of drug-likeness (QED) is 0.744. The summed E-state index contributed by atoms with van der Waals surface area (Å²) in [5.74, 6) is 0.463. The van der Waals surface area contributed by atoms with Gasteiger partial charge in [0, 0.05) is 18.8 Å². The number of nitrogens with zero attached hydrogens (tertiary/aromatic N) is 1. The van der Waals surface area contributed by atoms with Gasteiger partial charge < -0.3 is 10.6 Å². The van der Waals surface area contributed by atoms with E-state index in [1.54, 1.807) is 6.92 Å². The van der Waals surface area contributed by atoms with E-state index >= 15 is 0 Å². The van der Waals surface area contributed by atoms with Crippen LogP contribution in [0.15, 0.2) is 24.3 Å². The van der Waals surface area contributed by atoms with E-state index in [0.717, 1.165) is 30.9 Å². The summed E-state index contributed by atoms with van der Waals surface area (Å²) in [6, 6.07) is 7.72. The molecule has 1 rings (SSSR count). The van der Waals surface area contributed by atoms with Gasteiger partial charge >= 0.3 is 0 Å². The molecule has 0 unspecified atom stereocenters. The molecule has 0 spiro atoms. The Balaban J connectivity index is 2.67. The second-order valence-corrected chi connectivity index (χ2v) is 7.11. The molecule has 108 valence electrons. The van der Waals surface area contributed by atoms with Crippen LogP contribution in [0.25, 0.3) is 0 Å². The molecule has 0 aromatic heterocycles. The summed E-state index contributed by atoms with van der Waals surface area (Å²) in [5, 5.41) is 0. The maximum absolute atomic E-state index is 11.5. The van der Waals surface area contributed by atoms with Gasteiger partial charge in [0.05, 0.1) is 17.1 Å². The molecule has 0 atom stereocenters. The van der Waals surface area contributed by atoms with Crippen molar-refractivity contribution in [3.05, 3.63) is 24.3 Å². The van der Waals surface area contributed by atoms with Crippen LogP contribution in [0.5, 0.6) is 0 Å². The van der Waals surface area contributed by atoms with Gasteiger partial charge in [-0.1, -0.05) is 26.0 Å². The van der Waals surface area contributed by atoms with Crippen LogP contribution in [0.4, 0.5) is 11.4 Å². The maximum atomic E-state index is 11.5. The van der Waals surface area contributed by atoms with Gasteiger partial charge in [-0.3, -0.25) is 0 Å². The molecular formula is C14H24N2O2S. The first-order valence-corrected chi connectivity index (χ1v) is 8.62. The highest BCUT2D eigenvalue weighted by Crippen LogP contribution is 2.22. The Hall–Kier alpha value is -1.23. The first kappa shape index (κ1) is 15.8. The molecule has 0 heterocycles. The first-order valence-electron chi connectivity index (χ1n) is 6.80. The average molecular weight is 284 g/mol. The normalized spacial score (nSPS) is 11.5. The van der Waals surface area contributed by atoms with Gasteiger partial charge in [0.25, 0.3) is 0 Å². The van der Waals surface area contributed by atoms with Crippen molar-refractivity contribution in [2.45, 2.75) is 26.7 Å². The van der Waals surface area contributed by atoms with Crippen molar-refractivity contribution in [2.75, 3.05) is 35.2 Å². The molecule has 0 saturated heterocycles. The minimum Gasteiger partial charge on any atom is -0.397 e. The number of anilines is 2. The predicted molar refractivity (Wildman–Crippen MR) is 82.3 cm³/mol. The lowest BCUT2D eigenvalue weighted by atomic mass is 10.2. The van der Waals surface area contributed by atoms with E-state index in [9.17, 15) is 8.42 Å². The Morgan fingerprint density at radius 3 is 2.42 bits per heavy atom. The number of nitrogens with two attached hydrogens (primary N) is 1. The van der Waals surface area contributed by atoms with Crippen molar-refractivity contribution in [1.82, 2.24) is 0 Å². The number of hydrogen-bond donors (Lipinski definition) is 1. The zero-order valence-electron chi connectivity index (χ0n) is 11.8. The molecule has 4 nitrogen and oxygen atoms in total. The van der Waals surface area contributed by atoms with E-state index in [2.05, 4.69) is 11.8 Å². The third-order valence-corrected chi connectivity index (χ3v) is 4.88. The molecular weight excluding hydrogens is 260 g/mol. The van der Waals surface area contributed by atoms with Crippen LogP contribution in [-0.2, 0) is 9.84 Å². The van der Waals surface area contributed by atoms with E-state index in [1.807, 2.05) is 24.3 Å². The van der Waals surface area contributed by atoms with Crippen molar-refractivity contribution < 1.29 is 8.42 Å². The van der Waals surface area contributed by atoms with Crippen LogP contribution < -0.4 is 10.6 Å². The van der Waals surface area contributed by atoms with Gasteiger partial charge in [0.1, 0.15) is 9.84 Å². The van der Waals surface area contributed by atoms with Gasteiger partial charge in [-0.05, 0) is 25.0 Å². The Labute approximate surface area is 116 Å².